The number of halogens is 1. The Labute approximate surface area is 203 Å². The summed E-state index contributed by atoms with van der Waals surface area (Å²) in [6.07, 6.45) is 3.93. The molecule has 0 bridgehead atoms. The maximum absolute atomic E-state index is 13.6. The molecule has 1 saturated carbocycles. The van der Waals surface area contributed by atoms with E-state index in [9.17, 15) is 14.4 Å². The molecule has 1 aliphatic heterocycles. The van der Waals surface area contributed by atoms with Gasteiger partial charge in [-0.1, -0.05) is 17.7 Å². The molecule has 0 radical (unpaired) electrons. The topological polar surface area (TPSA) is 106 Å². The van der Waals surface area contributed by atoms with Crippen LogP contribution in [0.4, 0.5) is 5.69 Å². The highest BCUT2D eigenvalue weighted by molar-refractivity contribution is 6.31. The summed E-state index contributed by atoms with van der Waals surface area (Å²) < 4.78 is 7.13. The average Bonchev–Trinajstić information content (AvgIpc) is 3.50. The number of benzene rings is 1. The van der Waals surface area contributed by atoms with Crippen LogP contribution in [0.3, 0.4) is 0 Å². The Kier molecular flexibility index (Phi) is 6.95. The van der Waals surface area contributed by atoms with E-state index in [0.717, 1.165) is 12.8 Å². The standard InChI is InChI=1S/C24H30ClN5O4/c1-15(2)34-11-5-10-26-23(33)24(3)13-29-14-27-19(20(29)22(32)30(24)18-8-9-18)21(31)28-17-7-4-6-16(25)12-17/h4,6-7,12,14-15,18H,5,8-11,13H2,1-3H3,(H,26,33)(H,28,31)/t24-/m1/s1. The van der Waals surface area contributed by atoms with Crippen LogP contribution in [0.2, 0.25) is 5.02 Å². The van der Waals surface area contributed by atoms with Gasteiger partial charge in [-0.15, -0.1) is 0 Å². The Morgan fingerprint density at radius 3 is 2.76 bits per heavy atom. The first-order chi connectivity index (χ1) is 16.2. The number of amides is 3. The molecule has 1 aliphatic carbocycles. The smallest absolute Gasteiger partial charge is 0.276 e. The minimum atomic E-state index is -1.08. The van der Waals surface area contributed by atoms with Crippen LogP contribution in [0.1, 0.15) is 61.0 Å². The zero-order valence-corrected chi connectivity index (χ0v) is 20.4. The lowest BCUT2D eigenvalue weighted by atomic mass is 9.94. The Bertz CT molecular complexity index is 1100. The summed E-state index contributed by atoms with van der Waals surface area (Å²) in [6.45, 7) is 6.93. The Hall–Kier alpha value is -2.91. The normalized spacial score (nSPS) is 19.8. The van der Waals surface area contributed by atoms with Gasteiger partial charge in [-0.2, -0.15) is 0 Å². The van der Waals surface area contributed by atoms with E-state index in [1.807, 2.05) is 13.8 Å². The first kappa shape index (κ1) is 24.2. The molecule has 182 valence electrons. The van der Waals surface area contributed by atoms with Crippen molar-refractivity contribution in [2.24, 2.45) is 0 Å². The third-order valence-electron chi connectivity index (χ3n) is 6.03. The maximum atomic E-state index is 13.6. The zero-order valence-electron chi connectivity index (χ0n) is 19.6. The quantitative estimate of drug-likeness (QED) is 0.529. The lowest BCUT2D eigenvalue weighted by molar-refractivity contribution is -0.133. The van der Waals surface area contributed by atoms with E-state index < -0.39 is 11.4 Å². The van der Waals surface area contributed by atoms with Gasteiger partial charge in [0.1, 0.15) is 11.2 Å². The maximum Gasteiger partial charge on any atom is 0.276 e. The van der Waals surface area contributed by atoms with Gasteiger partial charge in [-0.3, -0.25) is 14.4 Å². The number of hydrogen-bond donors (Lipinski definition) is 2. The van der Waals surface area contributed by atoms with Crippen LogP contribution in [-0.4, -0.2) is 63.0 Å². The highest BCUT2D eigenvalue weighted by Gasteiger charge is 2.53. The van der Waals surface area contributed by atoms with Crippen LogP contribution in [0, 0.1) is 0 Å². The van der Waals surface area contributed by atoms with E-state index in [2.05, 4.69) is 15.6 Å². The number of anilines is 1. The van der Waals surface area contributed by atoms with Gasteiger partial charge < -0.3 is 24.8 Å². The fourth-order valence-corrected chi connectivity index (χ4v) is 4.45. The van der Waals surface area contributed by atoms with Gasteiger partial charge in [0.05, 0.1) is 19.0 Å². The molecule has 2 aromatic rings. The van der Waals surface area contributed by atoms with Crippen molar-refractivity contribution in [3.8, 4) is 0 Å². The predicted molar refractivity (Wildman–Crippen MR) is 128 cm³/mol. The van der Waals surface area contributed by atoms with Crippen molar-refractivity contribution in [1.82, 2.24) is 19.8 Å². The summed E-state index contributed by atoms with van der Waals surface area (Å²) >= 11 is 6.00. The van der Waals surface area contributed by atoms with Gasteiger partial charge >= 0.3 is 0 Å². The summed E-state index contributed by atoms with van der Waals surface area (Å²) in [5.74, 6) is -1.08. The largest absolute Gasteiger partial charge is 0.379 e. The molecule has 1 aromatic heterocycles. The van der Waals surface area contributed by atoms with Gasteiger partial charge in [0.25, 0.3) is 11.8 Å². The lowest BCUT2D eigenvalue weighted by Crippen LogP contribution is -2.64. The van der Waals surface area contributed by atoms with E-state index in [1.165, 1.54) is 6.33 Å². The highest BCUT2D eigenvalue weighted by Crippen LogP contribution is 2.39. The predicted octanol–water partition coefficient (Wildman–Crippen LogP) is 3.10. The van der Waals surface area contributed by atoms with E-state index in [4.69, 9.17) is 16.3 Å². The number of fused-ring (bicyclic) bond motifs is 1. The molecule has 1 atom stereocenters. The molecule has 0 unspecified atom stereocenters. The molecule has 1 fully saturated rings. The summed E-state index contributed by atoms with van der Waals surface area (Å²) in [7, 11) is 0. The van der Waals surface area contributed by atoms with Gasteiger partial charge in [0, 0.05) is 29.9 Å². The second kappa shape index (κ2) is 9.76. The number of nitrogens with zero attached hydrogens (tertiary/aromatic N) is 3. The second-order valence-electron chi connectivity index (χ2n) is 9.24. The molecular weight excluding hydrogens is 458 g/mol. The number of carbonyl (C=O) groups is 3. The van der Waals surface area contributed by atoms with Crippen molar-refractivity contribution in [2.75, 3.05) is 18.5 Å². The second-order valence-corrected chi connectivity index (χ2v) is 9.68. The van der Waals surface area contributed by atoms with E-state index >= 15 is 0 Å². The summed E-state index contributed by atoms with van der Waals surface area (Å²) in [5.41, 5.74) is -0.343. The van der Waals surface area contributed by atoms with Crippen LogP contribution in [0.15, 0.2) is 30.6 Å². The lowest BCUT2D eigenvalue weighted by Gasteiger charge is -2.44. The summed E-state index contributed by atoms with van der Waals surface area (Å²) in [4.78, 5) is 45.7. The molecule has 4 rings (SSSR count). The zero-order chi connectivity index (χ0) is 24.5. The van der Waals surface area contributed by atoms with Gasteiger partial charge in [-0.05, 0) is 58.2 Å². The average molecular weight is 488 g/mol. The van der Waals surface area contributed by atoms with Crippen molar-refractivity contribution in [3.05, 3.63) is 47.0 Å². The first-order valence-corrected chi connectivity index (χ1v) is 11.9. The number of rotatable bonds is 9. The minimum Gasteiger partial charge on any atom is -0.379 e. The van der Waals surface area contributed by atoms with Crippen LogP contribution >= 0.6 is 11.6 Å². The van der Waals surface area contributed by atoms with Crippen LogP contribution in [0.5, 0.6) is 0 Å². The molecule has 3 amide bonds. The number of hydrogen-bond acceptors (Lipinski definition) is 5. The molecule has 1 aromatic carbocycles. The fraction of sp³-hybridized carbons (Fsp3) is 0.500. The van der Waals surface area contributed by atoms with Crippen molar-refractivity contribution in [2.45, 2.75) is 64.3 Å². The van der Waals surface area contributed by atoms with Crippen LogP contribution in [0.25, 0.3) is 0 Å². The highest BCUT2D eigenvalue weighted by atomic mass is 35.5. The summed E-state index contributed by atoms with van der Waals surface area (Å²) in [6, 6.07) is 6.72. The summed E-state index contributed by atoms with van der Waals surface area (Å²) in [5, 5.41) is 6.19. The van der Waals surface area contributed by atoms with Crippen molar-refractivity contribution in [3.63, 3.8) is 0 Å². The third-order valence-corrected chi connectivity index (χ3v) is 6.26. The van der Waals surface area contributed by atoms with Crippen LogP contribution < -0.4 is 10.6 Å². The SMILES string of the molecule is CC(C)OCCCNC(=O)[C@@]1(C)Cn2cnc(C(=O)Nc3cccc(Cl)c3)c2C(=O)N1C1CC1. The molecule has 2 N–H and O–H groups in total. The molecule has 2 heterocycles. The number of nitrogens with one attached hydrogen (secondary N) is 2. The Morgan fingerprint density at radius 1 is 1.32 bits per heavy atom. The number of ether oxygens (including phenoxy) is 1. The fourth-order valence-electron chi connectivity index (χ4n) is 4.26. The van der Waals surface area contributed by atoms with Crippen molar-refractivity contribution < 1.29 is 19.1 Å². The molecular formula is C24H30ClN5O4. The minimum absolute atomic E-state index is 0.0278. The Balaban J connectivity index is 1.53. The van der Waals surface area contributed by atoms with E-state index in [1.54, 1.807) is 40.7 Å². The molecule has 10 heteroatoms. The molecule has 2 aliphatic rings. The monoisotopic (exact) mass is 487 g/mol. The Morgan fingerprint density at radius 2 is 2.09 bits per heavy atom. The van der Waals surface area contributed by atoms with Gasteiger partial charge in [0.2, 0.25) is 5.91 Å². The molecule has 0 spiro atoms. The van der Waals surface area contributed by atoms with Gasteiger partial charge in [0.15, 0.2) is 5.69 Å². The molecule has 9 nitrogen and oxygen atoms in total. The van der Waals surface area contributed by atoms with Crippen molar-refractivity contribution in [1.29, 1.82) is 0 Å². The van der Waals surface area contributed by atoms with Gasteiger partial charge in [-0.25, -0.2) is 4.98 Å². The third kappa shape index (κ3) is 4.95. The first-order valence-electron chi connectivity index (χ1n) is 11.6. The van der Waals surface area contributed by atoms with E-state index in [-0.39, 0.29) is 41.9 Å². The number of aromatic nitrogens is 2. The molecule has 0 saturated heterocycles. The number of imidazole rings is 1. The van der Waals surface area contributed by atoms with E-state index in [0.29, 0.717) is 30.3 Å². The molecule has 34 heavy (non-hydrogen) atoms. The van der Waals surface area contributed by atoms with Crippen molar-refractivity contribution >= 4 is 35.0 Å². The van der Waals surface area contributed by atoms with Crippen LogP contribution in [-0.2, 0) is 16.1 Å². The number of carbonyl (C=O) groups excluding carboxylic acids is 3.